The molecule has 8 nitrogen and oxygen atoms in total. The minimum atomic E-state index is -4.75. The van der Waals surface area contributed by atoms with Crippen molar-refractivity contribution < 1.29 is 22.9 Å². The third-order valence-corrected chi connectivity index (χ3v) is 5.75. The topological polar surface area (TPSA) is 93.6 Å². The van der Waals surface area contributed by atoms with E-state index in [9.17, 15) is 28.1 Å². The molecule has 4 rings (SSSR count). The minimum absolute atomic E-state index is 0.0285. The van der Waals surface area contributed by atoms with E-state index in [0.29, 0.717) is 4.52 Å². The number of non-ortho nitro benzene ring substituents is 1. The van der Waals surface area contributed by atoms with Gasteiger partial charge in [0.1, 0.15) is 0 Å². The zero-order valence-corrected chi connectivity index (χ0v) is 17.2. The van der Waals surface area contributed by atoms with Crippen LogP contribution in [-0.4, -0.2) is 43.4 Å². The number of nitro benzene ring substituents is 1. The predicted molar refractivity (Wildman–Crippen MR) is 109 cm³/mol. The number of aromatic nitrogens is 3. The van der Waals surface area contributed by atoms with E-state index in [-0.39, 0.29) is 34.3 Å². The maximum Gasteiger partial charge on any atom is 0.433 e. The fourth-order valence-corrected chi connectivity index (χ4v) is 4.00. The molecule has 1 fully saturated rings. The summed E-state index contributed by atoms with van der Waals surface area (Å²) in [6.07, 6.45) is 0.0745. The molecule has 2 heterocycles. The van der Waals surface area contributed by atoms with Crippen molar-refractivity contribution in [1.29, 1.82) is 0 Å². The van der Waals surface area contributed by atoms with E-state index in [1.807, 2.05) is 0 Å². The summed E-state index contributed by atoms with van der Waals surface area (Å²) >= 11 is 0. The number of benzene rings is 1. The number of carbonyl (C=O) groups is 1. The van der Waals surface area contributed by atoms with Gasteiger partial charge in [0.05, 0.1) is 10.6 Å². The van der Waals surface area contributed by atoms with Gasteiger partial charge in [-0.3, -0.25) is 14.9 Å². The van der Waals surface area contributed by atoms with Crippen molar-refractivity contribution in [3.05, 3.63) is 57.9 Å². The lowest BCUT2D eigenvalue weighted by Crippen LogP contribution is -2.38. The molecular weight excluding hydrogens is 427 g/mol. The maximum absolute atomic E-state index is 13.8. The summed E-state index contributed by atoms with van der Waals surface area (Å²) in [7, 11) is 1.64. The molecule has 1 aliphatic rings. The predicted octanol–water partition coefficient (Wildman–Crippen LogP) is 4.73. The van der Waals surface area contributed by atoms with E-state index in [0.717, 1.165) is 38.2 Å². The van der Waals surface area contributed by atoms with Gasteiger partial charge in [-0.2, -0.15) is 18.3 Å². The number of amides is 1. The van der Waals surface area contributed by atoms with Crippen LogP contribution in [-0.2, 0) is 6.18 Å². The van der Waals surface area contributed by atoms with Crippen LogP contribution in [0, 0.1) is 10.1 Å². The highest BCUT2D eigenvalue weighted by Gasteiger charge is 2.36. The number of alkyl halides is 3. The second kappa shape index (κ2) is 8.21. The number of nitrogens with zero attached hydrogens (tertiary/aromatic N) is 5. The maximum atomic E-state index is 13.8. The Balaban J connectivity index is 1.75. The second-order valence-electron chi connectivity index (χ2n) is 7.84. The van der Waals surface area contributed by atoms with E-state index in [1.165, 1.54) is 30.3 Å². The Labute approximate surface area is 180 Å². The van der Waals surface area contributed by atoms with Crippen LogP contribution in [0.15, 0.2) is 36.4 Å². The molecule has 32 heavy (non-hydrogen) atoms. The zero-order chi connectivity index (χ0) is 23.0. The largest absolute Gasteiger partial charge is 0.433 e. The Morgan fingerprint density at radius 1 is 1.16 bits per heavy atom. The molecule has 1 aliphatic carbocycles. The molecule has 0 radical (unpaired) electrons. The van der Waals surface area contributed by atoms with Gasteiger partial charge in [-0.1, -0.05) is 19.3 Å². The summed E-state index contributed by atoms with van der Waals surface area (Å²) in [6.45, 7) is 0. The number of nitro groups is 1. The van der Waals surface area contributed by atoms with Crippen molar-refractivity contribution in [3.63, 3.8) is 0 Å². The van der Waals surface area contributed by atoms with E-state index in [4.69, 9.17) is 0 Å². The van der Waals surface area contributed by atoms with Crippen LogP contribution >= 0.6 is 0 Å². The highest BCUT2D eigenvalue weighted by molar-refractivity contribution is 5.93. The van der Waals surface area contributed by atoms with Crippen LogP contribution in [0.2, 0.25) is 0 Å². The van der Waals surface area contributed by atoms with Gasteiger partial charge in [0.2, 0.25) is 0 Å². The number of rotatable bonds is 4. The Morgan fingerprint density at radius 2 is 1.81 bits per heavy atom. The molecule has 0 N–H and O–H groups in total. The number of hydrogen-bond donors (Lipinski definition) is 0. The highest BCUT2D eigenvalue weighted by atomic mass is 19.4. The third kappa shape index (κ3) is 4.14. The van der Waals surface area contributed by atoms with Gasteiger partial charge < -0.3 is 4.90 Å². The summed E-state index contributed by atoms with van der Waals surface area (Å²) in [6, 6.07) is 7.14. The first-order valence-electron chi connectivity index (χ1n) is 10.1. The van der Waals surface area contributed by atoms with Crippen molar-refractivity contribution in [3.8, 4) is 11.3 Å². The van der Waals surface area contributed by atoms with Crippen LogP contribution in [0.1, 0.15) is 48.3 Å². The van der Waals surface area contributed by atoms with Crippen LogP contribution in [0.3, 0.4) is 0 Å². The Morgan fingerprint density at radius 3 is 2.41 bits per heavy atom. The quantitative estimate of drug-likeness (QED) is 0.426. The standard InChI is InChI=1S/C21H20F3N5O3/c1-27(14-5-3-2-4-6-14)20(30)17-12-19-25-16(11-18(21(22,23)24)28(19)26-17)13-7-9-15(10-8-13)29(31)32/h7-12,14H,2-6H2,1H3. The van der Waals surface area contributed by atoms with Crippen molar-refractivity contribution >= 4 is 17.2 Å². The van der Waals surface area contributed by atoms with Crippen molar-refractivity contribution in [2.75, 3.05) is 7.05 Å². The van der Waals surface area contributed by atoms with Gasteiger partial charge >= 0.3 is 6.18 Å². The monoisotopic (exact) mass is 447 g/mol. The molecule has 11 heteroatoms. The Kier molecular flexibility index (Phi) is 5.57. The fourth-order valence-electron chi connectivity index (χ4n) is 4.00. The molecule has 2 aromatic heterocycles. The summed E-state index contributed by atoms with van der Waals surface area (Å²) < 4.78 is 41.9. The Hall–Kier alpha value is -3.50. The molecule has 168 valence electrons. The van der Waals surface area contributed by atoms with Crippen LogP contribution in [0.5, 0.6) is 0 Å². The molecule has 0 atom stereocenters. The molecule has 0 spiro atoms. The van der Waals surface area contributed by atoms with Gasteiger partial charge in [-0.05, 0) is 31.0 Å². The summed E-state index contributed by atoms with van der Waals surface area (Å²) in [5.74, 6) is -0.451. The lowest BCUT2D eigenvalue weighted by molar-refractivity contribution is -0.384. The van der Waals surface area contributed by atoms with Crippen LogP contribution in [0.4, 0.5) is 18.9 Å². The number of carbonyl (C=O) groups excluding carboxylic acids is 1. The molecule has 0 unspecified atom stereocenters. The minimum Gasteiger partial charge on any atom is -0.337 e. The van der Waals surface area contributed by atoms with Crippen molar-refractivity contribution in [2.24, 2.45) is 0 Å². The summed E-state index contributed by atoms with van der Waals surface area (Å²) in [5.41, 5.74) is -1.27. The molecular formula is C21H20F3N5O3. The normalized spacial score (nSPS) is 15.1. The fraction of sp³-hybridized carbons (Fsp3) is 0.381. The van der Waals surface area contributed by atoms with Gasteiger partial charge in [0, 0.05) is 36.9 Å². The van der Waals surface area contributed by atoms with Crippen molar-refractivity contribution in [2.45, 2.75) is 44.3 Å². The second-order valence-corrected chi connectivity index (χ2v) is 7.84. The van der Waals surface area contributed by atoms with E-state index in [1.54, 1.807) is 11.9 Å². The third-order valence-electron chi connectivity index (χ3n) is 5.75. The highest BCUT2D eigenvalue weighted by Crippen LogP contribution is 2.33. The number of hydrogen-bond acceptors (Lipinski definition) is 5. The number of halogens is 3. The van der Waals surface area contributed by atoms with E-state index >= 15 is 0 Å². The molecule has 0 saturated heterocycles. The first kappa shape index (κ1) is 21.7. The summed E-state index contributed by atoms with van der Waals surface area (Å²) in [5, 5.41) is 14.8. The molecule has 1 amide bonds. The SMILES string of the molecule is CN(C(=O)c1cc2nc(-c3ccc([N+](=O)[O-])cc3)cc(C(F)(F)F)n2n1)C1CCCCC1. The van der Waals surface area contributed by atoms with Gasteiger partial charge in [-0.15, -0.1) is 0 Å². The first-order valence-corrected chi connectivity index (χ1v) is 10.1. The van der Waals surface area contributed by atoms with E-state index in [2.05, 4.69) is 10.1 Å². The zero-order valence-electron chi connectivity index (χ0n) is 17.2. The molecule has 3 aromatic rings. The first-order chi connectivity index (χ1) is 15.1. The smallest absolute Gasteiger partial charge is 0.337 e. The average Bonchev–Trinajstić information content (AvgIpc) is 3.21. The van der Waals surface area contributed by atoms with E-state index < -0.39 is 22.7 Å². The molecule has 0 bridgehead atoms. The lowest BCUT2D eigenvalue weighted by atomic mass is 9.94. The molecule has 0 aliphatic heterocycles. The van der Waals surface area contributed by atoms with Gasteiger partial charge in [0.25, 0.3) is 11.6 Å². The molecule has 1 aromatic carbocycles. The Bertz CT molecular complexity index is 1170. The summed E-state index contributed by atoms with van der Waals surface area (Å²) in [4.78, 5) is 28.9. The van der Waals surface area contributed by atoms with Crippen LogP contribution < -0.4 is 0 Å². The lowest BCUT2D eigenvalue weighted by Gasteiger charge is -2.30. The van der Waals surface area contributed by atoms with Gasteiger partial charge in [0.15, 0.2) is 17.0 Å². The number of fused-ring (bicyclic) bond motifs is 1. The average molecular weight is 447 g/mol. The van der Waals surface area contributed by atoms with Gasteiger partial charge in [-0.25, -0.2) is 9.50 Å². The molecule has 1 saturated carbocycles. The van der Waals surface area contributed by atoms with Crippen LogP contribution in [0.25, 0.3) is 16.9 Å². The van der Waals surface area contributed by atoms with Crippen molar-refractivity contribution in [1.82, 2.24) is 19.5 Å².